The predicted octanol–water partition coefficient (Wildman–Crippen LogP) is 3.30. The van der Waals surface area contributed by atoms with E-state index in [2.05, 4.69) is 25.2 Å². The summed E-state index contributed by atoms with van der Waals surface area (Å²) in [5.41, 5.74) is 1.24. The number of alkyl halides is 2. The van der Waals surface area contributed by atoms with Crippen molar-refractivity contribution in [1.82, 2.24) is 15.1 Å². The molecule has 3 rings (SSSR count). The van der Waals surface area contributed by atoms with E-state index >= 15 is 0 Å². The molecule has 0 aliphatic heterocycles. The Morgan fingerprint density at radius 1 is 1.15 bits per heavy atom. The van der Waals surface area contributed by atoms with E-state index in [1.807, 2.05) is 0 Å². The molecular formula is C17H14F2N4O3. The van der Waals surface area contributed by atoms with Crippen molar-refractivity contribution in [3.63, 3.8) is 0 Å². The quantitative estimate of drug-likeness (QED) is 0.695. The highest BCUT2D eigenvalue weighted by molar-refractivity contribution is 5.90. The molecule has 0 fully saturated rings. The van der Waals surface area contributed by atoms with Crippen LogP contribution in [0, 0.1) is 0 Å². The van der Waals surface area contributed by atoms with Gasteiger partial charge in [-0.3, -0.25) is 9.78 Å². The molecule has 0 bridgehead atoms. The molecule has 1 N–H and O–H groups in total. The van der Waals surface area contributed by atoms with Crippen LogP contribution in [0.4, 0.5) is 14.5 Å². The van der Waals surface area contributed by atoms with Crippen LogP contribution in [0.25, 0.3) is 11.4 Å². The van der Waals surface area contributed by atoms with Gasteiger partial charge in [-0.1, -0.05) is 5.16 Å². The summed E-state index contributed by atoms with van der Waals surface area (Å²) in [5, 5.41) is 6.51. The molecule has 1 aromatic carbocycles. The molecule has 2 heterocycles. The summed E-state index contributed by atoms with van der Waals surface area (Å²) in [6.07, 6.45) is 3.65. The molecule has 0 saturated carbocycles. The van der Waals surface area contributed by atoms with Crippen molar-refractivity contribution in [2.45, 2.75) is 19.5 Å². The number of rotatable bonds is 7. The van der Waals surface area contributed by atoms with Gasteiger partial charge in [0.1, 0.15) is 5.75 Å². The number of pyridine rings is 1. The Kier molecular flexibility index (Phi) is 5.47. The molecule has 0 spiro atoms. The zero-order valence-corrected chi connectivity index (χ0v) is 13.4. The monoisotopic (exact) mass is 360 g/mol. The molecule has 3 aromatic rings. The first-order valence-corrected chi connectivity index (χ1v) is 7.68. The maximum absolute atomic E-state index is 12.1. The molecule has 2 aromatic heterocycles. The fourth-order valence-corrected chi connectivity index (χ4v) is 2.14. The highest BCUT2D eigenvalue weighted by atomic mass is 19.3. The molecule has 7 nitrogen and oxygen atoms in total. The summed E-state index contributed by atoms with van der Waals surface area (Å²) < 4.78 is 33.5. The molecular weight excluding hydrogens is 346 g/mol. The number of aromatic nitrogens is 3. The second-order valence-electron chi connectivity index (χ2n) is 5.20. The van der Waals surface area contributed by atoms with Gasteiger partial charge in [0.25, 0.3) is 0 Å². The SMILES string of the molecule is O=C(CCc1nc(-c2ccncc2)no1)Nc1ccc(OC(F)F)cc1. The van der Waals surface area contributed by atoms with Crippen LogP contribution in [0.15, 0.2) is 53.3 Å². The number of aryl methyl sites for hydroxylation is 1. The molecule has 0 atom stereocenters. The molecule has 0 saturated heterocycles. The number of anilines is 1. The number of hydrogen-bond acceptors (Lipinski definition) is 6. The van der Waals surface area contributed by atoms with Crippen LogP contribution in [0.3, 0.4) is 0 Å². The first kappa shape index (κ1) is 17.5. The highest BCUT2D eigenvalue weighted by Crippen LogP contribution is 2.18. The van der Waals surface area contributed by atoms with Gasteiger partial charge in [0, 0.05) is 36.5 Å². The number of amides is 1. The summed E-state index contributed by atoms with van der Waals surface area (Å²) in [4.78, 5) is 20.1. The molecule has 0 unspecified atom stereocenters. The fraction of sp³-hybridized carbons (Fsp3) is 0.176. The van der Waals surface area contributed by atoms with E-state index in [0.717, 1.165) is 5.56 Å². The van der Waals surface area contributed by atoms with Gasteiger partial charge in [0.05, 0.1) is 0 Å². The third kappa shape index (κ3) is 4.82. The third-order valence-corrected chi connectivity index (χ3v) is 3.34. The Balaban J connectivity index is 1.50. The first-order chi connectivity index (χ1) is 12.6. The average Bonchev–Trinajstić information content (AvgIpc) is 3.11. The number of carbonyl (C=O) groups excluding carboxylic acids is 1. The van der Waals surface area contributed by atoms with Gasteiger partial charge in [0.2, 0.25) is 17.6 Å². The topological polar surface area (TPSA) is 90.1 Å². The van der Waals surface area contributed by atoms with Crippen LogP contribution in [0.5, 0.6) is 5.75 Å². The Morgan fingerprint density at radius 2 is 1.88 bits per heavy atom. The average molecular weight is 360 g/mol. The maximum Gasteiger partial charge on any atom is 0.387 e. The zero-order chi connectivity index (χ0) is 18.4. The van der Waals surface area contributed by atoms with Gasteiger partial charge in [0.15, 0.2) is 0 Å². The fourth-order valence-electron chi connectivity index (χ4n) is 2.14. The summed E-state index contributed by atoms with van der Waals surface area (Å²) in [7, 11) is 0. The predicted molar refractivity (Wildman–Crippen MR) is 87.6 cm³/mol. The van der Waals surface area contributed by atoms with Crippen molar-refractivity contribution in [3.05, 3.63) is 54.7 Å². The van der Waals surface area contributed by atoms with Crippen molar-refractivity contribution < 1.29 is 22.8 Å². The second kappa shape index (κ2) is 8.15. The number of carbonyl (C=O) groups is 1. The van der Waals surface area contributed by atoms with Crippen molar-refractivity contribution in [2.24, 2.45) is 0 Å². The smallest absolute Gasteiger partial charge is 0.387 e. The van der Waals surface area contributed by atoms with Gasteiger partial charge in [-0.25, -0.2) is 0 Å². The molecule has 1 amide bonds. The summed E-state index contributed by atoms with van der Waals surface area (Å²) in [6.45, 7) is -2.89. The van der Waals surface area contributed by atoms with Gasteiger partial charge in [-0.15, -0.1) is 0 Å². The van der Waals surface area contributed by atoms with E-state index in [4.69, 9.17) is 4.52 Å². The van der Waals surface area contributed by atoms with Gasteiger partial charge >= 0.3 is 6.61 Å². The Labute approximate surface area is 147 Å². The van der Waals surface area contributed by atoms with E-state index < -0.39 is 6.61 Å². The first-order valence-electron chi connectivity index (χ1n) is 7.68. The van der Waals surface area contributed by atoms with E-state index in [1.54, 1.807) is 24.5 Å². The normalized spacial score (nSPS) is 10.7. The minimum Gasteiger partial charge on any atom is -0.435 e. The highest BCUT2D eigenvalue weighted by Gasteiger charge is 2.11. The molecule has 9 heteroatoms. The van der Waals surface area contributed by atoms with Crippen LogP contribution < -0.4 is 10.1 Å². The lowest BCUT2D eigenvalue weighted by Crippen LogP contribution is -2.12. The van der Waals surface area contributed by atoms with E-state index in [0.29, 0.717) is 17.4 Å². The van der Waals surface area contributed by atoms with Crippen LogP contribution in [-0.4, -0.2) is 27.6 Å². The molecule has 0 radical (unpaired) electrons. The van der Waals surface area contributed by atoms with Gasteiger partial charge in [-0.2, -0.15) is 13.8 Å². The lowest BCUT2D eigenvalue weighted by atomic mass is 10.2. The molecule has 0 aliphatic carbocycles. The van der Waals surface area contributed by atoms with Crippen LogP contribution in [-0.2, 0) is 11.2 Å². The van der Waals surface area contributed by atoms with Crippen LogP contribution in [0.1, 0.15) is 12.3 Å². The van der Waals surface area contributed by atoms with Crippen molar-refractivity contribution in [1.29, 1.82) is 0 Å². The number of halogens is 2. The minimum absolute atomic E-state index is 0.0208. The maximum atomic E-state index is 12.1. The summed E-state index contributed by atoms with van der Waals surface area (Å²) in [6, 6.07) is 9.15. The van der Waals surface area contributed by atoms with Gasteiger partial charge < -0.3 is 14.6 Å². The Morgan fingerprint density at radius 3 is 2.58 bits per heavy atom. The number of ether oxygens (including phenoxy) is 1. The van der Waals surface area contributed by atoms with Crippen molar-refractivity contribution in [2.75, 3.05) is 5.32 Å². The van der Waals surface area contributed by atoms with Gasteiger partial charge in [-0.05, 0) is 36.4 Å². The largest absolute Gasteiger partial charge is 0.435 e. The second-order valence-corrected chi connectivity index (χ2v) is 5.20. The zero-order valence-electron chi connectivity index (χ0n) is 13.4. The number of benzene rings is 1. The number of hydrogen-bond donors (Lipinski definition) is 1. The summed E-state index contributed by atoms with van der Waals surface area (Å²) in [5.74, 6) is 0.522. The van der Waals surface area contributed by atoms with E-state index in [-0.39, 0.29) is 24.5 Å². The summed E-state index contributed by atoms with van der Waals surface area (Å²) >= 11 is 0. The van der Waals surface area contributed by atoms with Crippen LogP contribution >= 0.6 is 0 Å². The standard InChI is InChI=1S/C17H14F2N4O3/c18-17(19)25-13-3-1-12(2-4-13)21-14(24)5-6-15-22-16(23-26-15)11-7-9-20-10-8-11/h1-4,7-10,17H,5-6H2,(H,21,24). The Hall–Kier alpha value is -3.36. The third-order valence-electron chi connectivity index (χ3n) is 3.34. The minimum atomic E-state index is -2.89. The number of nitrogens with zero attached hydrogens (tertiary/aromatic N) is 3. The Bertz CT molecular complexity index is 854. The lowest BCUT2D eigenvalue weighted by molar-refractivity contribution is -0.116. The molecule has 26 heavy (non-hydrogen) atoms. The van der Waals surface area contributed by atoms with Crippen LogP contribution in [0.2, 0.25) is 0 Å². The number of nitrogens with one attached hydrogen (secondary N) is 1. The van der Waals surface area contributed by atoms with E-state index in [1.165, 1.54) is 24.3 Å². The van der Waals surface area contributed by atoms with E-state index in [9.17, 15) is 13.6 Å². The molecule has 134 valence electrons. The van der Waals surface area contributed by atoms with Crippen molar-refractivity contribution in [3.8, 4) is 17.1 Å². The van der Waals surface area contributed by atoms with Crippen molar-refractivity contribution >= 4 is 11.6 Å². The molecule has 0 aliphatic rings. The lowest BCUT2D eigenvalue weighted by Gasteiger charge is -2.07.